The third kappa shape index (κ3) is 3.78. The molecule has 0 saturated carbocycles. The molecule has 1 aliphatic carbocycles. The zero-order chi connectivity index (χ0) is 29.0. The molecule has 0 radical (unpaired) electrons. The second kappa shape index (κ2) is 10.1. The summed E-state index contributed by atoms with van der Waals surface area (Å²) < 4.78 is 0. The van der Waals surface area contributed by atoms with Gasteiger partial charge in [0.05, 0.1) is 0 Å². The van der Waals surface area contributed by atoms with E-state index >= 15 is 0 Å². The van der Waals surface area contributed by atoms with Crippen molar-refractivity contribution >= 4 is 59.4 Å². The van der Waals surface area contributed by atoms with Crippen LogP contribution in [0, 0.1) is 0 Å². The van der Waals surface area contributed by atoms with Gasteiger partial charge in [-0.05, 0) is 106 Å². The van der Waals surface area contributed by atoms with Gasteiger partial charge >= 0.3 is 0 Å². The summed E-state index contributed by atoms with van der Waals surface area (Å²) in [6.45, 7) is 0. The molecule has 0 bridgehead atoms. The topological polar surface area (TPSA) is 0 Å². The van der Waals surface area contributed by atoms with E-state index in [1.165, 1.54) is 87.3 Å². The second-order valence-electron chi connectivity index (χ2n) is 11.9. The van der Waals surface area contributed by atoms with E-state index in [0.717, 1.165) is 12.8 Å². The monoisotopic (exact) mass is 558 g/mol. The quantitative estimate of drug-likeness (QED) is 0.149. The summed E-state index contributed by atoms with van der Waals surface area (Å²) in [7, 11) is 0. The first-order chi connectivity index (χ1) is 21.9. The van der Waals surface area contributed by atoms with E-state index in [0.29, 0.717) is 0 Å². The van der Waals surface area contributed by atoms with E-state index in [4.69, 9.17) is 0 Å². The summed E-state index contributed by atoms with van der Waals surface area (Å²) in [4.78, 5) is 0. The van der Waals surface area contributed by atoms with Crippen LogP contribution in [-0.2, 0) is 0 Å². The van der Waals surface area contributed by atoms with Crippen molar-refractivity contribution in [2.75, 3.05) is 0 Å². The maximum absolute atomic E-state index is 2.41. The molecule has 0 heteroatoms. The van der Waals surface area contributed by atoms with Crippen LogP contribution in [0.1, 0.15) is 18.4 Å². The smallest absolute Gasteiger partial charge is 0.00201 e. The molecule has 8 aromatic carbocycles. The number of hydrogen-bond acceptors (Lipinski definition) is 0. The first kappa shape index (κ1) is 25.1. The van der Waals surface area contributed by atoms with Gasteiger partial charge in [-0.25, -0.2) is 0 Å². The minimum Gasteiger partial charge on any atom is -0.0836 e. The molecular weight excluding hydrogens is 528 g/mol. The van der Waals surface area contributed by atoms with E-state index in [-0.39, 0.29) is 0 Å². The Morgan fingerprint density at radius 2 is 0.955 bits per heavy atom. The molecule has 206 valence electrons. The lowest BCUT2D eigenvalue weighted by atomic mass is 9.83. The number of benzene rings is 8. The second-order valence-corrected chi connectivity index (χ2v) is 11.9. The number of allylic oxidation sites excluding steroid dienone is 4. The largest absolute Gasteiger partial charge is 0.0836 e. The average molecular weight is 559 g/mol. The molecule has 1 aliphatic rings. The molecule has 9 rings (SSSR count). The van der Waals surface area contributed by atoms with Gasteiger partial charge in [0.1, 0.15) is 0 Å². The van der Waals surface area contributed by atoms with E-state index in [9.17, 15) is 0 Å². The molecule has 0 unspecified atom stereocenters. The standard InChI is InChI=1S/C44H30/c1-3-14-29(15-4-1)42-32-19-8-7-18-31(32)28-41-33-24-13-25-35(34(33)26-27-40(41)42)44-38-22-11-9-20-36(38)43(30-16-5-2-6-17-30)37-21-10-12-23-39(37)44/h2-3,5-28H,1,4H2. The highest BCUT2D eigenvalue weighted by molar-refractivity contribution is 6.26. The fourth-order valence-corrected chi connectivity index (χ4v) is 7.57. The summed E-state index contributed by atoms with van der Waals surface area (Å²) in [5, 5.41) is 13.0. The van der Waals surface area contributed by atoms with Crippen LogP contribution in [-0.4, -0.2) is 0 Å². The summed E-state index contributed by atoms with van der Waals surface area (Å²) in [6.07, 6.45) is 9.25. The van der Waals surface area contributed by atoms with E-state index in [2.05, 4.69) is 158 Å². The Bertz CT molecular complexity index is 2420. The molecule has 0 amide bonds. The molecule has 44 heavy (non-hydrogen) atoms. The van der Waals surface area contributed by atoms with Crippen molar-refractivity contribution in [3.05, 3.63) is 163 Å². The van der Waals surface area contributed by atoms with Crippen molar-refractivity contribution in [1.29, 1.82) is 0 Å². The Morgan fingerprint density at radius 1 is 0.364 bits per heavy atom. The van der Waals surface area contributed by atoms with E-state index < -0.39 is 0 Å². The van der Waals surface area contributed by atoms with Gasteiger partial charge in [-0.1, -0.05) is 152 Å². The lowest BCUT2D eigenvalue weighted by Gasteiger charge is -2.20. The minimum absolute atomic E-state index is 1.09. The summed E-state index contributed by atoms with van der Waals surface area (Å²) in [6, 6.07) is 51.6. The van der Waals surface area contributed by atoms with Crippen molar-refractivity contribution in [1.82, 2.24) is 0 Å². The van der Waals surface area contributed by atoms with Gasteiger partial charge < -0.3 is 0 Å². The molecule has 0 saturated heterocycles. The Morgan fingerprint density at radius 3 is 1.66 bits per heavy atom. The van der Waals surface area contributed by atoms with Crippen molar-refractivity contribution in [2.24, 2.45) is 0 Å². The van der Waals surface area contributed by atoms with Crippen LogP contribution in [0.2, 0.25) is 0 Å². The molecular formula is C44H30. The predicted octanol–water partition coefficient (Wildman–Crippen LogP) is 12.5. The van der Waals surface area contributed by atoms with Gasteiger partial charge in [-0.15, -0.1) is 0 Å². The SMILES string of the molecule is C1=CC(c2c3ccccc3cc3c2ccc2c(-c4c5ccccc5c(-c5ccccc5)c5ccccc45)cccc23)=CCC1. The van der Waals surface area contributed by atoms with Gasteiger partial charge in [-0.3, -0.25) is 0 Å². The fraction of sp³-hybridized carbons (Fsp3) is 0.0455. The molecule has 0 atom stereocenters. The molecule has 0 aliphatic heterocycles. The van der Waals surface area contributed by atoms with Gasteiger partial charge in [0, 0.05) is 0 Å². The van der Waals surface area contributed by atoms with Crippen LogP contribution in [0.25, 0.3) is 81.7 Å². The Hall–Kier alpha value is -5.46. The predicted molar refractivity (Wildman–Crippen MR) is 191 cm³/mol. The number of rotatable bonds is 3. The van der Waals surface area contributed by atoms with Crippen LogP contribution in [0.4, 0.5) is 0 Å². The highest BCUT2D eigenvalue weighted by atomic mass is 14.2. The van der Waals surface area contributed by atoms with Crippen molar-refractivity contribution in [2.45, 2.75) is 12.8 Å². The normalized spacial score (nSPS) is 13.3. The molecule has 0 heterocycles. The maximum Gasteiger partial charge on any atom is -0.00201 e. The van der Waals surface area contributed by atoms with Crippen LogP contribution in [0.15, 0.2) is 158 Å². The van der Waals surface area contributed by atoms with Crippen LogP contribution in [0.5, 0.6) is 0 Å². The molecule has 8 aromatic rings. The minimum atomic E-state index is 1.09. The lowest BCUT2D eigenvalue weighted by Crippen LogP contribution is -1.93. The van der Waals surface area contributed by atoms with Gasteiger partial charge in [0.25, 0.3) is 0 Å². The Kier molecular flexibility index (Phi) is 5.74. The summed E-state index contributed by atoms with van der Waals surface area (Å²) >= 11 is 0. The highest BCUT2D eigenvalue weighted by Crippen LogP contribution is 2.46. The van der Waals surface area contributed by atoms with E-state index in [1.807, 2.05) is 0 Å². The maximum atomic E-state index is 2.41. The molecule has 0 aromatic heterocycles. The summed E-state index contributed by atoms with van der Waals surface area (Å²) in [5.74, 6) is 0. The number of fused-ring (bicyclic) bond motifs is 6. The van der Waals surface area contributed by atoms with Crippen molar-refractivity contribution in [3.8, 4) is 22.3 Å². The molecule has 0 nitrogen and oxygen atoms in total. The highest BCUT2D eigenvalue weighted by Gasteiger charge is 2.19. The molecule has 0 spiro atoms. The van der Waals surface area contributed by atoms with Crippen LogP contribution in [0.3, 0.4) is 0 Å². The lowest BCUT2D eigenvalue weighted by molar-refractivity contribution is 1.04. The third-order valence-corrected chi connectivity index (χ3v) is 9.45. The Balaban J connectivity index is 1.41. The van der Waals surface area contributed by atoms with Crippen molar-refractivity contribution < 1.29 is 0 Å². The van der Waals surface area contributed by atoms with Crippen molar-refractivity contribution in [3.63, 3.8) is 0 Å². The average Bonchev–Trinajstić information content (AvgIpc) is 3.10. The molecule has 0 N–H and O–H groups in total. The zero-order valence-corrected chi connectivity index (χ0v) is 24.4. The fourth-order valence-electron chi connectivity index (χ4n) is 7.57. The first-order valence-electron chi connectivity index (χ1n) is 15.6. The summed E-state index contributed by atoms with van der Waals surface area (Å²) in [5.41, 5.74) is 7.83. The molecule has 0 fully saturated rings. The van der Waals surface area contributed by atoms with Crippen LogP contribution < -0.4 is 0 Å². The number of hydrogen-bond donors (Lipinski definition) is 0. The van der Waals surface area contributed by atoms with Crippen LogP contribution >= 0.6 is 0 Å². The van der Waals surface area contributed by atoms with Gasteiger partial charge in [0.2, 0.25) is 0 Å². The Labute approximate surface area is 257 Å². The van der Waals surface area contributed by atoms with Gasteiger partial charge in [-0.2, -0.15) is 0 Å². The van der Waals surface area contributed by atoms with E-state index in [1.54, 1.807) is 0 Å². The third-order valence-electron chi connectivity index (χ3n) is 9.45. The first-order valence-corrected chi connectivity index (χ1v) is 15.6. The van der Waals surface area contributed by atoms with Gasteiger partial charge in [0.15, 0.2) is 0 Å². The zero-order valence-electron chi connectivity index (χ0n) is 24.4.